The van der Waals surface area contributed by atoms with Gasteiger partial charge in [-0.3, -0.25) is 4.79 Å². The molecule has 0 amide bonds. The molecule has 0 unspecified atom stereocenters. The molecule has 1 aliphatic rings. The van der Waals surface area contributed by atoms with Crippen molar-refractivity contribution in [3.05, 3.63) is 53.8 Å². The van der Waals surface area contributed by atoms with E-state index in [1.54, 1.807) is 19.4 Å². The lowest BCUT2D eigenvalue weighted by molar-refractivity contribution is -0.113. The van der Waals surface area contributed by atoms with E-state index in [1.807, 2.05) is 30.3 Å². The summed E-state index contributed by atoms with van der Waals surface area (Å²) in [5.41, 5.74) is 8.04. The molecular formula is C19H20N4O3. The zero-order valence-corrected chi connectivity index (χ0v) is 14.7. The monoisotopic (exact) mass is 352 g/mol. The molecule has 0 atom stereocenters. The molecule has 0 saturated carbocycles. The van der Waals surface area contributed by atoms with Crippen LogP contribution in [0.25, 0.3) is 5.82 Å². The average molecular weight is 352 g/mol. The summed E-state index contributed by atoms with van der Waals surface area (Å²) < 4.78 is 12.6. The largest absolute Gasteiger partial charge is 0.497 e. The number of ketones is 1. The third-order valence-electron chi connectivity index (χ3n) is 3.92. The maximum atomic E-state index is 11.5. The van der Waals surface area contributed by atoms with Crippen molar-refractivity contribution in [2.75, 3.05) is 12.8 Å². The summed E-state index contributed by atoms with van der Waals surface area (Å²) in [4.78, 5) is 15.9. The molecule has 0 spiro atoms. The van der Waals surface area contributed by atoms with Gasteiger partial charge in [0.05, 0.1) is 13.3 Å². The normalized spacial score (nSPS) is 13.6. The fourth-order valence-electron chi connectivity index (χ4n) is 2.50. The summed E-state index contributed by atoms with van der Waals surface area (Å²) in [6.07, 6.45) is 7.09. The van der Waals surface area contributed by atoms with E-state index >= 15 is 0 Å². The highest BCUT2D eigenvalue weighted by atomic mass is 16.5. The summed E-state index contributed by atoms with van der Waals surface area (Å²) in [7, 11) is 1.62. The third kappa shape index (κ3) is 3.83. The van der Waals surface area contributed by atoms with E-state index in [4.69, 9.17) is 15.2 Å². The first-order valence-corrected chi connectivity index (χ1v) is 8.12. The molecule has 0 bridgehead atoms. The number of hydrogen-bond donors (Lipinski definition) is 1. The zero-order valence-electron chi connectivity index (χ0n) is 14.7. The number of hydrogen-bond acceptors (Lipinski definition) is 6. The second-order valence-corrected chi connectivity index (χ2v) is 5.75. The van der Waals surface area contributed by atoms with Crippen LogP contribution in [0.1, 0.15) is 18.9 Å². The van der Waals surface area contributed by atoms with Crippen LogP contribution >= 0.6 is 0 Å². The number of methoxy groups -OCH3 is 1. The molecule has 3 rings (SSSR count). The van der Waals surface area contributed by atoms with Gasteiger partial charge in [-0.25, -0.2) is 4.99 Å². The van der Waals surface area contributed by atoms with E-state index < -0.39 is 0 Å². The number of carbonyl (C=O) groups is 1. The maximum absolute atomic E-state index is 11.5. The Morgan fingerprint density at radius 1 is 1.38 bits per heavy atom. The number of carbonyl (C=O) groups excluding carboxylic acids is 1. The van der Waals surface area contributed by atoms with E-state index in [9.17, 15) is 4.79 Å². The highest BCUT2D eigenvalue weighted by molar-refractivity contribution is 5.98. The molecule has 26 heavy (non-hydrogen) atoms. The van der Waals surface area contributed by atoms with Gasteiger partial charge in [0, 0.05) is 11.8 Å². The van der Waals surface area contributed by atoms with E-state index in [1.165, 1.54) is 17.8 Å². The van der Waals surface area contributed by atoms with Gasteiger partial charge in [-0.05, 0) is 43.2 Å². The van der Waals surface area contributed by atoms with Gasteiger partial charge < -0.3 is 15.2 Å². The molecule has 134 valence electrons. The van der Waals surface area contributed by atoms with Crippen molar-refractivity contribution in [1.29, 1.82) is 0 Å². The second kappa shape index (κ2) is 7.69. The van der Waals surface area contributed by atoms with Crippen LogP contribution in [0.3, 0.4) is 0 Å². The van der Waals surface area contributed by atoms with Gasteiger partial charge >= 0.3 is 0 Å². The van der Waals surface area contributed by atoms with Gasteiger partial charge in [0.1, 0.15) is 18.0 Å². The number of nitrogens with two attached hydrogens (primary N) is 1. The van der Waals surface area contributed by atoms with Crippen LogP contribution in [0.15, 0.2) is 53.2 Å². The van der Waals surface area contributed by atoms with E-state index in [0.717, 1.165) is 11.3 Å². The number of Topliss-reactive ketones (excluding diaryl/α,β-unsaturated/α-hetero) is 1. The lowest BCUT2D eigenvalue weighted by Crippen LogP contribution is -2.05. The Bertz CT molecular complexity index is 909. The summed E-state index contributed by atoms with van der Waals surface area (Å²) in [5.74, 6) is 1.73. The van der Waals surface area contributed by atoms with Gasteiger partial charge in [0.15, 0.2) is 11.6 Å². The van der Waals surface area contributed by atoms with Crippen molar-refractivity contribution in [2.45, 2.75) is 20.0 Å². The number of aromatic nitrogens is 2. The Kier molecular flexibility index (Phi) is 5.17. The van der Waals surface area contributed by atoms with Crippen molar-refractivity contribution in [1.82, 2.24) is 9.78 Å². The molecule has 1 aliphatic heterocycles. The fraction of sp³-hybridized carbons (Fsp3) is 0.211. The molecule has 2 aromatic rings. The zero-order chi connectivity index (χ0) is 18.5. The van der Waals surface area contributed by atoms with Crippen molar-refractivity contribution >= 4 is 23.5 Å². The minimum Gasteiger partial charge on any atom is -0.497 e. The van der Waals surface area contributed by atoms with E-state index in [2.05, 4.69) is 10.1 Å². The first kappa shape index (κ1) is 17.5. The van der Waals surface area contributed by atoms with Crippen LogP contribution in [0, 0.1) is 0 Å². The Morgan fingerprint density at radius 2 is 2.23 bits per heavy atom. The Morgan fingerprint density at radius 3 is 3.00 bits per heavy atom. The average Bonchev–Trinajstić information content (AvgIpc) is 2.85. The lowest BCUT2D eigenvalue weighted by atomic mass is 10.1. The number of benzene rings is 1. The molecule has 2 N–H and O–H groups in total. The number of nitrogens with zero attached hydrogens (tertiary/aromatic N) is 3. The summed E-state index contributed by atoms with van der Waals surface area (Å²) in [6.45, 7) is 1.84. The smallest absolute Gasteiger partial charge is 0.242 e. The molecule has 1 aromatic heterocycles. The Labute approximate surface area is 151 Å². The van der Waals surface area contributed by atoms with Crippen LogP contribution < -0.4 is 15.2 Å². The van der Waals surface area contributed by atoms with Gasteiger partial charge in [0.25, 0.3) is 0 Å². The van der Waals surface area contributed by atoms with Crippen LogP contribution in [0.5, 0.6) is 11.6 Å². The highest BCUT2D eigenvalue weighted by Gasteiger charge is 2.15. The van der Waals surface area contributed by atoms with Crippen LogP contribution in [-0.4, -0.2) is 28.9 Å². The third-order valence-corrected chi connectivity index (χ3v) is 3.92. The topological polar surface area (TPSA) is 91.7 Å². The summed E-state index contributed by atoms with van der Waals surface area (Å²) in [5, 5.41) is 4.25. The standard InChI is InChI=1S/C19H20N4O3/c1-13(24)15-6-7-18(21-9-8-15)23-19(17(20)11-22-23)26-12-14-4-3-5-16(10-14)25-2/h3-5,7-11H,6,12,20H2,1-2H3. The molecule has 0 aliphatic carbocycles. The van der Waals surface area contributed by atoms with E-state index in [-0.39, 0.29) is 5.78 Å². The fourth-order valence-corrected chi connectivity index (χ4v) is 2.50. The Balaban J connectivity index is 1.80. The number of aliphatic imine (C=N–C) groups is 1. The molecule has 0 saturated heterocycles. The number of nitrogen functional groups attached to an aromatic ring is 1. The molecule has 1 aromatic carbocycles. The van der Waals surface area contributed by atoms with Crippen molar-refractivity contribution in [2.24, 2.45) is 4.99 Å². The molecule has 7 heteroatoms. The number of allylic oxidation sites excluding steroid dienone is 3. The van der Waals surface area contributed by atoms with Crippen LogP contribution in [0.4, 0.5) is 5.69 Å². The Hall–Kier alpha value is -3.35. The maximum Gasteiger partial charge on any atom is 0.242 e. The first-order valence-electron chi connectivity index (χ1n) is 8.12. The second-order valence-electron chi connectivity index (χ2n) is 5.75. The SMILES string of the molecule is COc1cccc(COc2c(N)cnn2C2=CCC(C(C)=O)=CC=N2)c1. The number of rotatable bonds is 6. The van der Waals surface area contributed by atoms with Gasteiger partial charge in [-0.2, -0.15) is 9.78 Å². The highest BCUT2D eigenvalue weighted by Crippen LogP contribution is 2.27. The quantitative estimate of drug-likeness (QED) is 0.863. The van der Waals surface area contributed by atoms with Crippen LogP contribution in [-0.2, 0) is 11.4 Å². The first-order chi connectivity index (χ1) is 12.6. The molecule has 0 radical (unpaired) electrons. The molecule has 2 heterocycles. The van der Waals surface area contributed by atoms with E-state index in [0.29, 0.717) is 36.0 Å². The van der Waals surface area contributed by atoms with Gasteiger partial charge in [0.2, 0.25) is 5.88 Å². The summed E-state index contributed by atoms with van der Waals surface area (Å²) >= 11 is 0. The minimum absolute atomic E-state index is 0.0171. The van der Waals surface area contributed by atoms with Crippen LogP contribution in [0.2, 0.25) is 0 Å². The lowest BCUT2D eigenvalue weighted by Gasteiger charge is -2.11. The predicted octanol–water partition coefficient (Wildman–Crippen LogP) is 2.84. The van der Waals surface area contributed by atoms with Crippen molar-refractivity contribution in [3.8, 4) is 11.6 Å². The van der Waals surface area contributed by atoms with Crippen molar-refractivity contribution < 1.29 is 14.3 Å². The minimum atomic E-state index is 0.0171. The predicted molar refractivity (Wildman–Crippen MR) is 100 cm³/mol. The van der Waals surface area contributed by atoms with Crippen molar-refractivity contribution in [3.63, 3.8) is 0 Å². The molecule has 7 nitrogen and oxygen atoms in total. The van der Waals surface area contributed by atoms with Gasteiger partial charge in [-0.1, -0.05) is 12.1 Å². The summed E-state index contributed by atoms with van der Waals surface area (Å²) in [6, 6.07) is 7.59. The molecule has 0 fully saturated rings. The van der Waals surface area contributed by atoms with Gasteiger partial charge in [-0.15, -0.1) is 0 Å². The number of ether oxygens (including phenoxy) is 2. The molecular weight excluding hydrogens is 332 g/mol. The number of anilines is 1.